The zero-order valence-electron chi connectivity index (χ0n) is 26.1. The average Bonchev–Trinajstić information content (AvgIpc) is 3.68. The summed E-state index contributed by atoms with van der Waals surface area (Å²) in [5.74, 6) is 0. The first-order valence-electron chi connectivity index (χ1n) is 14.9. The number of para-hydroxylation sites is 1. The molecule has 0 radical (unpaired) electrons. The maximum Gasteiger partial charge on any atom is 0.175 e. The van der Waals surface area contributed by atoms with Crippen molar-refractivity contribution in [2.45, 2.75) is 23.5 Å². The number of nitrogens with one attached hydrogen (secondary N) is 1. The molecular weight excluding hydrogens is 647 g/mol. The lowest BCUT2D eigenvalue weighted by Gasteiger charge is -2.24. The fourth-order valence-electron chi connectivity index (χ4n) is 5.74. The van der Waals surface area contributed by atoms with Gasteiger partial charge in [-0.1, -0.05) is 54.6 Å². The van der Waals surface area contributed by atoms with E-state index in [1.54, 1.807) is 55.6 Å². The Kier molecular flexibility index (Phi) is 7.42. The van der Waals surface area contributed by atoms with Crippen LogP contribution in [0.3, 0.4) is 0 Å². The summed E-state index contributed by atoms with van der Waals surface area (Å²) in [6, 6.07) is 30.6. The van der Waals surface area contributed by atoms with Gasteiger partial charge in [0.2, 0.25) is 0 Å². The van der Waals surface area contributed by atoms with Gasteiger partial charge >= 0.3 is 0 Å². The molecule has 0 spiro atoms. The summed E-state index contributed by atoms with van der Waals surface area (Å²) in [7, 11) is -6.79. The third-order valence-electron chi connectivity index (χ3n) is 8.77. The minimum absolute atomic E-state index is 0.244. The topological polar surface area (TPSA) is 110 Å². The van der Waals surface area contributed by atoms with Crippen molar-refractivity contribution < 1.29 is 16.8 Å². The van der Waals surface area contributed by atoms with Crippen LogP contribution in [0, 0.1) is 0 Å². The van der Waals surface area contributed by atoms with E-state index in [2.05, 4.69) is 17.1 Å². The molecule has 236 valence electrons. The zero-order chi connectivity index (χ0) is 33.1. The number of hydrogen-bond acceptors (Lipinski definition) is 7. The molecule has 0 saturated heterocycles. The second kappa shape index (κ2) is 11.3. The molecule has 0 aliphatic rings. The number of hydrogen-bond donors (Lipinski definition) is 1. The molecule has 47 heavy (non-hydrogen) atoms. The molecule has 0 aliphatic heterocycles. The standard InChI is InChI=1S/C37H31N3O4S3/c1-37(2,47(4,43)44)27-20-25-11-8-18-38-33(25)30(21-27)24-9-7-10-26(19-24)35-34(23-14-16-28(17-15-23)46(3,41)42)40-36(45-35)31-22-39-32-13-6-5-12-29(31)32/h5-22,39H,1-4H3. The second-order valence-electron chi connectivity index (χ2n) is 12.2. The van der Waals surface area contributed by atoms with E-state index in [4.69, 9.17) is 9.97 Å². The first-order valence-corrected chi connectivity index (χ1v) is 19.5. The number of sulfone groups is 2. The monoisotopic (exact) mass is 677 g/mol. The molecule has 4 aromatic carbocycles. The molecule has 0 bridgehead atoms. The third-order valence-corrected chi connectivity index (χ3v) is 13.1. The maximum atomic E-state index is 12.8. The minimum atomic E-state index is -3.42. The number of aromatic amines is 1. The first kappa shape index (κ1) is 31.0. The van der Waals surface area contributed by atoms with Gasteiger partial charge in [-0.3, -0.25) is 4.98 Å². The van der Waals surface area contributed by atoms with Crippen LogP contribution >= 0.6 is 11.3 Å². The van der Waals surface area contributed by atoms with Gasteiger partial charge in [0.25, 0.3) is 0 Å². The van der Waals surface area contributed by atoms with E-state index in [9.17, 15) is 16.8 Å². The van der Waals surface area contributed by atoms with Crippen LogP contribution in [0.5, 0.6) is 0 Å². The molecule has 7 aromatic rings. The van der Waals surface area contributed by atoms with Crippen LogP contribution in [0.15, 0.2) is 114 Å². The summed E-state index contributed by atoms with van der Waals surface area (Å²) in [4.78, 5) is 14.3. The molecule has 0 atom stereocenters. The Labute approximate surface area is 277 Å². The number of nitrogens with zero attached hydrogens (tertiary/aromatic N) is 2. The Balaban J connectivity index is 1.43. The molecule has 0 unspecified atom stereocenters. The Morgan fingerprint density at radius 2 is 1.49 bits per heavy atom. The normalized spacial score (nSPS) is 12.6. The van der Waals surface area contributed by atoms with Gasteiger partial charge < -0.3 is 4.98 Å². The SMILES string of the molecule is CC(C)(c1cc(-c2cccc(-c3sc(-c4c[nH]c5ccccc45)nc3-c3ccc(S(C)(=O)=O)cc3)c2)c2ncccc2c1)S(C)(=O)=O. The van der Waals surface area contributed by atoms with E-state index in [0.29, 0.717) is 5.56 Å². The predicted octanol–water partition coefficient (Wildman–Crippen LogP) is 8.52. The lowest BCUT2D eigenvalue weighted by molar-refractivity contribution is 0.561. The van der Waals surface area contributed by atoms with Crippen LogP contribution in [0.25, 0.3) is 65.2 Å². The van der Waals surface area contributed by atoms with Crippen LogP contribution in [-0.2, 0) is 24.4 Å². The van der Waals surface area contributed by atoms with Crippen LogP contribution in [0.1, 0.15) is 19.4 Å². The molecule has 0 fully saturated rings. The number of H-pyrrole nitrogens is 1. The maximum absolute atomic E-state index is 12.8. The fourth-order valence-corrected chi connectivity index (χ4v) is 8.03. The summed E-state index contributed by atoms with van der Waals surface area (Å²) >= 11 is 1.56. The summed E-state index contributed by atoms with van der Waals surface area (Å²) in [6.07, 6.45) is 6.17. The first-order chi connectivity index (χ1) is 22.3. The van der Waals surface area contributed by atoms with E-state index in [0.717, 1.165) is 65.2 Å². The van der Waals surface area contributed by atoms with E-state index < -0.39 is 24.4 Å². The summed E-state index contributed by atoms with van der Waals surface area (Å²) in [6.45, 7) is 3.45. The average molecular weight is 678 g/mol. The largest absolute Gasteiger partial charge is 0.360 e. The molecule has 3 aromatic heterocycles. The van der Waals surface area contributed by atoms with Crippen molar-refractivity contribution in [3.63, 3.8) is 0 Å². The van der Waals surface area contributed by atoms with Gasteiger partial charge in [-0.25, -0.2) is 21.8 Å². The van der Waals surface area contributed by atoms with E-state index in [1.807, 2.05) is 66.9 Å². The van der Waals surface area contributed by atoms with Gasteiger partial charge in [-0.05, 0) is 73.0 Å². The van der Waals surface area contributed by atoms with Crippen LogP contribution in [-0.4, -0.2) is 44.3 Å². The zero-order valence-corrected chi connectivity index (χ0v) is 28.6. The second-order valence-corrected chi connectivity index (χ2v) is 17.8. The number of benzene rings is 4. The van der Waals surface area contributed by atoms with Crippen LogP contribution in [0.2, 0.25) is 0 Å². The van der Waals surface area contributed by atoms with Crippen molar-refractivity contribution in [3.8, 4) is 43.4 Å². The molecule has 0 saturated carbocycles. The lowest BCUT2D eigenvalue weighted by Crippen LogP contribution is -2.28. The molecule has 0 aliphatic carbocycles. The highest BCUT2D eigenvalue weighted by Gasteiger charge is 2.33. The van der Waals surface area contributed by atoms with Gasteiger partial charge in [0.15, 0.2) is 19.7 Å². The number of pyridine rings is 1. The van der Waals surface area contributed by atoms with Crippen LogP contribution < -0.4 is 0 Å². The molecular formula is C37H31N3O4S3. The van der Waals surface area contributed by atoms with E-state index in [1.165, 1.54) is 12.5 Å². The highest BCUT2D eigenvalue weighted by molar-refractivity contribution is 7.91. The van der Waals surface area contributed by atoms with Crippen molar-refractivity contribution in [1.29, 1.82) is 0 Å². The third kappa shape index (κ3) is 5.56. The Bertz CT molecular complexity index is 2550. The summed E-state index contributed by atoms with van der Waals surface area (Å²) in [5.41, 5.74) is 7.63. The van der Waals surface area contributed by atoms with Crippen molar-refractivity contribution >= 4 is 52.8 Å². The van der Waals surface area contributed by atoms with Crippen molar-refractivity contribution in [2.75, 3.05) is 12.5 Å². The smallest absolute Gasteiger partial charge is 0.175 e. The van der Waals surface area contributed by atoms with Gasteiger partial charge in [-0.2, -0.15) is 0 Å². The van der Waals surface area contributed by atoms with Gasteiger partial charge in [-0.15, -0.1) is 11.3 Å². The Morgan fingerprint density at radius 1 is 0.745 bits per heavy atom. The number of fused-ring (bicyclic) bond motifs is 2. The summed E-state index contributed by atoms with van der Waals surface area (Å²) < 4.78 is 49.0. The number of thiazole rings is 1. The molecule has 3 heterocycles. The lowest BCUT2D eigenvalue weighted by atomic mass is 9.92. The molecule has 10 heteroatoms. The van der Waals surface area contributed by atoms with Gasteiger partial charge in [0.05, 0.1) is 25.7 Å². The van der Waals surface area contributed by atoms with E-state index >= 15 is 0 Å². The molecule has 1 N–H and O–H groups in total. The number of aromatic nitrogens is 3. The van der Waals surface area contributed by atoms with Crippen molar-refractivity contribution in [3.05, 3.63) is 115 Å². The Morgan fingerprint density at radius 3 is 2.23 bits per heavy atom. The highest BCUT2D eigenvalue weighted by atomic mass is 32.2. The van der Waals surface area contributed by atoms with E-state index in [-0.39, 0.29) is 4.90 Å². The van der Waals surface area contributed by atoms with Gasteiger partial charge in [0, 0.05) is 57.9 Å². The van der Waals surface area contributed by atoms with Crippen molar-refractivity contribution in [1.82, 2.24) is 15.0 Å². The molecule has 7 nitrogen and oxygen atoms in total. The number of rotatable bonds is 7. The fraction of sp³-hybridized carbons (Fsp3) is 0.135. The van der Waals surface area contributed by atoms with Crippen molar-refractivity contribution in [2.24, 2.45) is 0 Å². The molecule has 7 rings (SSSR count). The molecule has 0 amide bonds. The minimum Gasteiger partial charge on any atom is -0.360 e. The predicted molar refractivity (Wildman–Crippen MR) is 192 cm³/mol. The Hall–Kier alpha value is -4.64. The summed E-state index contributed by atoms with van der Waals surface area (Å²) in [5, 5.41) is 2.74. The quantitative estimate of drug-likeness (QED) is 0.181. The highest BCUT2D eigenvalue weighted by Crippen LogP contribution is 2.44. The van der Waals surface area contributed by atoms with Crippen LogP contribution in [0.4, 0.5) is 0 Å². The van der Waals surface area contributed by atoms with Gasteiger partial charge in [0.1, 0.15) is 5.01 Å².